The molecule has 2 aromatic rings. The number of anilines is 1. The number of carbonyl (C=O) groups is 1. The fraction of sp³-hybridized carbons (Fsp3) is 0.231. The van der Waals surface area contributed by atoms with Crippen LogP contribution in [0.5, 0.6) is 0 Å². The number of hydrogen-bond acceptors (Lipinski definition) is 4. The van der Waals surface area contributed by atoms with Gasteiger partial charge in [-0.25, -0.2) is 0 Å². The lowest BCUT2D eigenvalue weighted by Gasteiger charge is -2.12. The van der Waals surface area contributed by atoms with Gasteiger partial charge in [-0.15, -0.1) is 0 Å². The first-order chi connectivity index (χ1) is 9.49. The van der Waals surface area contributed by atoms with Crippen LogP contribution >= 0.6 is 0 Å². The number of aryl methyl sites for hydroxylation is 1. The van der Waals surface area contributed by atoms with Crippen molar-refractivity contribution < 1.29 is 9.72 Å². The minimum Gasteiger partial charge on any atom is -0.324 e. The van der Waals surface area contributed by atoms with Crippen LogP contribution in [0.15, 0.2) is 36.5 Å². The molecule has 1 aromatic heterocycles. The molecule has 0 saturated carbocycles. The molecule has 0 radical (unpaired) electrons. The topological polar surface area (TPSA) is 90.1 Å². The van der Waals surface area contributed by atoms with Gasteiger partial charge in [-0.2, -0.15) is 5.10 Å². The lowest BCUT2D eigenvalue weighted by Crippen LogP contribution is -2.24. The molecule has 0 saturated heterocycles. The van der Waals surface area contributed by atoms with E-state index in [1.165, 1.54) is 17.8 Å². The average Bonchev–Trinajstić information content (AvgIpc) is 2.81. The van der Waals surface area contributed by atoms with Crippen LogP contribution in [0.3, 0.4) is 0 Å². The molecule has 1 amide bonds. The average molecular weight is 274 g/mol. The van der Waals surface area contributed by atoms with Crippen molar-refractivity contribution >= 4 is 17.3 Å². The van der Waals surface area contributed by atoms with Crippen LogP contribution < -0.4 is 5.32 Å². The first-order valence-electron chi connectivity index (χ1n) is 6.05. The summed E-state index contributed by atoms with van der Waals surface area (Å²) in [6.07, 6.45) is 1.27. The summed E-state index contributed by atoms with van der Waals surface area (Å²) in [5.41, 5.74) is 0.862. The molecule has 104 valence electrons. The van der Waals surface area contributed by atoms with Crippen LogP contribution in [0.2, 0.25) is 0 Å². The Labute approximate surface area is 115 Å². The van der Waals surface area contributed by atoms with Crippen molar-refractivity contribution in [1.82, 2.24) is 9.78 Å². The second-order valence-corrected chi connectivity index (χ2v) is 4.37. The number of aromatic nitrogens is 2. The zero-order valence-electron chi connectivity index (χ0n) is 11.1. The number of hydrogen-bond donors (Lipinski definition) is 1. The molecule has 7 nitrogen and oxygen atoms in total. The van der Waals surface area contributed by atoms with Gasteiger partial charge < -0.3 is 5.32 Å². The molecule has 0 spiro atoms. The minimum absolute atomic E-state index is 0.0932. The highest BCUT2D eigenvalue weighted by molar-refractivity contribution is 5.93. The number of nitrogens with one attached hydrogen (secondary N) is 1. The van der Waals surface area contributed by atoms with Crippen molar-refractivity contribution in [2.45, 2.75) is 19.9 Å². The molecule has 1 heterocycles. The van der Waals surface area contributed by atoms with Gasteiger partial charge >= 0.3 is 5.69 Å². The largest absolute Gasteiger partial charge is 0.324 e. The lowest BCUT2D eigenvalue weighted by atomic mass is 10.3. The molecule has 7 heteroatoms. The highest BCUT2D eigenvalue weighted by Gasteiger charge is 2.22. The van der Waals surface area contributed by atoms with Crippen molar-refractivity contribution in [3.8, 4) is 0 Å². The molecule has 0 aliphatic rings. The summed E-state index contributed by atoms with van der Waals surface area (Å²) in [5.74, 6) is -0.284. The van der Waals surface area contributed by atoms with Gasteiger partial charge in [0, 0.05) is 5.69 Å². The summed E-state index contributed by atoms with van der Waals surface area (Å²) in [4.78, 5) is 22.3. The Hall–Kier alpha value is -2.70. The molecule has 0 aliphatic carbocycles. The zero-order chi connectivity index (χ0) is 14.7. The maximum atomic E-state index is 12.1. The first kappa shape index (κ1) is 13.7. The van der Waals surface area contributed by atoms with Gasteiger partial charge in [0.05, 0.1) is 4.92 Å². The van der Waals surface area contributed by atoms with E-state index >= 15 is 0 Å². The normalized spacial score (nSPS) is 11.9. The van der Waals surface area contributed by atoms with Crippen LogP contribution in [0, 0.1) is 17.0 Å². The number of nitrogens with zero attached hydrogens (tertiary/aromatic N) is 3. The summed E-state index contributed by atoms with van der Waals surface area (Å²) in [6.45, 7) is 3.17. The van der Waals surface area contributed by atoms with E-state index in [2.05, 4.69) is 10.4 Å². The second kappa shape index (κ2) is 5.52. The molecule has 0 fully saturated rings. The third-order valence-corrected chi connectivity index (χ3v) is 2.90. The summed E-state index contributed by atoms with van der Waals surface area (Å²) in [6, 6.07) is 8.36. The van der Waals surface area contributed by atoms with Gasteiger partial charge in [0.2, 0.25) is 5.91 Å². The van der Waals surface area contributed by atoms with Crippen LogP contribution in [0.4, 0.5) is 11.4 Å². The van der Waals surface area contributed by atoms with E-state index < -0.39 is 11.0 Å². The van der Waals surface area contributed by atoms with Crippen LogP contribution in [0.25, 0.3) is 0 Å². The quantitative estimate of drug-likeness (QED) is 0.684. The Kier molecular flexibility index (Phi) is 3.79. The van der Waals surface area contributed by atoms with Gasteiger partial charge in [0.15, 0.2) is 0 Å². The summed E-state index contributed by atoms with van der Waals surface area (Å²) >= 11 is 0. The molecule has 1 aromatic carbocycles. The van der Waals surface area contributed by atoms with E-state index in [1.54, 1.807) is 19.1 Å². The van der Waals surface area contributed by atoms with E-state index in [4.69, 9.17) is 0 Å². The van der Waals surface area contributed by atoms with Gasteiger partial charge in [-0.1, -0.05) is 18.2 Å². The van der Waals surface area contributed by atoms with E-state index in [0.29, 0.717) is 5.69 Å². The maximum Gasteiger partial charge on any atom is 0.309 e. The standard InChI is InChI=1S/C13H14N4O3/c1-9-12(17(19)20)8-16(15-9)10(2)13(18)14-11-6-4-3-5-7-11/h3-8,10H,1-2H3,(H,14,18). The SMILES string of the molecule is Cc1nn(C(C)C(=O)Nc2ccccc2)cc1[N+](=O)[O-]. The lowest BCUT2D eigenvalue weighted by molar-refractivity contribution is -0.385. The Bertz CT molecular complexity index is 636. The Morgan fingerprint density at radius 1 is 1.40 bits per heavy atom. The molecule has 1 unspecified atom stereocenters. The molecule has 0 aliphatic heterocycles. The predicted molar refractivity (Wildman–Crippen MR) is 73.4 cm³/mol. The van der Waals surface area contributed by atoms with Crippen molar-refractivity contribution in [2.24, 2.45) is 0 Å². The molecular formula is C13H14N4O3. The van der Waals surface area contributed by atoms with Gasteiger partial charge in [-0.3, -0.25) is 19.6 Å². The molecule has 1 N–H and O–H groups in total. The third kappa shape index (κ3) is 2.82. The highest BCUT2D eigenvalue weighted by Crippen LogP contribution is 2.19. The number of amides is 1. The summed E-state index contributed by atoms with van der Waals surface area (Å²) in [5, 5.41) is 17.5. The third-order valence-electron chi connectivity index (χ3n) is 2.90. The Morgan fingerprint density at radius 3 is 2.60 bits per heavy atom. The van der Waals surface area contributed by atoms with Gasteiger partial charge in [0.1, 0.15) is 17.9 Å². The Balaban J connectivity index is 2.15. The van der Waals surface area contributed by atoms with Crippen molar-refractivity contribution in [3.63, 3.8) is 0 Å². The number of nitro groups is 1. The number of carbonyl (C=O) groups excluding carboxylic acids is 1. The molecular weight excluding hydrogens is 260 g/mol. The van der Waals surface area contributed by atoms with Crippen molar-refractivity contribution in [1.29, 1.82) is 0 Å². The molecule has 0 bridgehead atoms. The monoisotopic (exact) mass is 274 g/mol. The highest BCUT2D eigenvalue weighted by atomic mass is 16.6. The summed E-state index contributed by atoms with van der Waals surface area (Å²) < 4.78 is 1.30. The first-order valence-corrected chi connectivity index (χ1v) is 6.05. The predicted octanol–water partition coefficient (Wildman–Crippen LogP) is 2.30. The van der Waals surface area contributed by atoms with Crippen LogP contribution in [-0.2, 0) is 4.79 Å². The zero-order valence-corrected chi connectivity index (χ0v) is 11.1. The maximum absolute atomic E-state index is 12.1. The Morgan fingerprint density at radius 2 is 2.05 bits per heavy atom. The van der Waals surface area contributed by atoms with Crippen LogP contribution in [0.1, 0.15) is 18.7 Å². The van der Waals surface area contributed by atoms with E-state index in [9.17, 15) is 14.9 Å². The van der Waals surface area contributed by atoms with Crippen molar-refractivity contribution in [2.75, 3.05) is 5.32 Å². The van der Waals surface area contributed by atoms with E-state index in [0.717, 1.165) is 0 Å². The fourth-order valence-corrected chi connectivity index (χ4v) is 1.74. The van der Waals surface area contributed by atoms with E-state index in [1.807, 2.05) is 18.2 Å². The van der Waals surface area contributed by atoms with Crippen molar-refractivity contribution in [3.05, 3.63) is 52.3 Å². The number of benzene rings is 1. The smallest absolute Gasteiger partial charge is 0.309 e. The minimum atomic E-state index is -0.636. The summed E-state index contributed by atoms with van der Waals surface area (Å²) in [7, 11) is 0. The van der Waals surface area contributed by atoms with Gasteiger partial charge in [-0.05, 0) is 26.0 Å². The second-order valence-electron chi connectivity index (χ2n) is 4.37. The van der Waals surface area contributed by atoms with Gasteiger partial charge in [0.25, 0.3) is 0 Å². The number of para-hydroxylation sites is 1. The van der Waals surface area contributed by atoms with Crippen LogP contribution in [-0.4, -0.2) is 20.6 Å². The number of rotatable bonds is 4. The fourth-order valence-electron chi connectivity index (χ4n) is 1.74. The molecule has 2 rings (SSSR count). The molecule has 1 atom stereocenters. The van der Waals surface area contributed by atoms with E-state index in [-0.39, 0.29) is 17.3 Å². The molecule has 20 heavy (non-hydrogen) atoms.